The second-order valence-electron chi connectivity index (χ2n) is 11.1. The van der Waals surface area contributed by atoms with Crippen molar-refractivity contribution in [3.05, 3.63) is 144 Å². The molecule has 272 valence electrons. The van der Waals surface area contributed by atoms with Crippen molar-refractivity contribution in [2.75, 3.05) is 19.8 Å². The van der Waals surface area contributed by atoms with Crippen LogP contribution in [0, 0.1) is 0 Å². The normalized spacial score (nSPS) is 19.9. The number of hydrogen-bond acceptors (Lipinski definition) is 13. The highest BCUT2D eigenvalue weighted by Crippen LogP contribution is 2.64. The zero-order chi connectivity index (χ0) is 36.9. The number of hydrogen-bond donors (Lipinski definition) is 0. The number of rotatable bonds is 15. The van der Waals surface area contributed by atoms with E-state index in [0.29, 0.717) is 11.4 Å². The molecule has 12 nitrogen and oxygen atoms in total. The van der Waals surface area contributed by atoms with E-state index in [1.54, 1.807) is 98.8 Å². The Morgan fingerprint density at radius 3 is 1.33 bits per heavy atom. The van der Waals surface area contributed by atoms with Gasteiger partial charge in [-0.3, -0.25) is 0 Å². The standard InChI is InChI=1S/C38H37O12PS/c1-3-45-51(43,46-4-2)52-38-33(50-37(42)29-23-15-8-16-24-29)32(49-36(41)28-21-13-7-14-22-28)31(48-35(40)27-19-11-6-12-20-27)30(47-38)25-44-34(39)26-17-9-5-10-18-26/h5-24,30-33,38H,3-4,25H2,1-2H3/t30-,31-,32+,33+,38+/m1/s1. The van der Waals surface area contributed by atoms with E-state index in [0.717, 1.165) is 0 Å². The first kappa shape index (κ1) is 38.5. The molecule has 14 heteroatoms. The van der Waals surface area contributed by atoms with Gasteiger partial charge in [0, 0.05) is 0 Å². The van der Waals surface area contributed by atoms with Crippen molar-refractivity contribution in [3.8, 4) is 0 Å². The largest absolute Gasteiger partial charge is 0.459 e. The van der Waals surface area contributed by atoms with Crippen LogP contribution in [0.4, 0.5) is 0 Å². The fourth-order valence-corrected chi connectivity index (χ4v) is 9.03. The summed E-state index contributed by atoms with van der Waals surface area (Å²) in [4.78, 5) is 54.1. The van der Waals surface area contributed by atoms with E-state index >= 15 is 0 Å². The van der Waals surface area contributed by atoms with Gasteiger partial charge in [-0.1, -0.05) is 72.8 Å². The molecule has 0 bridgehead atoms. The zero-order valence-corrected chi connectivity index (χ0v) is 30.0. The van der Waals surface area contributed by atoms with Crippen molar-refractivity contribution in [2.45, 2.75) is 43.7 Å². The predicted octanol–water partition coefficient (Wildman–Crippen LogP) is 7.16. The van der Waals surface area contributed by atoms with Crippen LogP contribution in [0.3, 0.4) is 0 Å². The lowest BCUT2D eigenvalue weighted by molar-refractivity contribution is -0.207. The molecule has 1 aliphatic rings. The lowest BCUT2D eigenvalue weighted by atomic mass is 9.98. The maximum absolute atomic E-state index is 14.0. The van der Waals surface area contributed by atoms with Gasteiger partial charge in [-0.2, -0.15) is 0 Å². The molecule has 1 aliphatic heterocycles. The first-order chi connectivity index (χ1) is 25.2. The van der Waals surface area contributed by atoms with E-state index in [2.05, 4.69) is 0 Å². The number of carbonyl (C=O) groups is 4. The van der Waals surface area contributed by atoms with Gasteiger partial charge in [0.15, 0.2) is 23.7 Å². The van der Waals surface area contributed by atoms with Crippen molar-refractivity contribution < 1.29 is 56.5 Å². The number of carbonyl (C=O) groups excluding carboxylic acids is 4. The van der Waals surface area contributed by atoms with Gasteiger partial charge in [-0.25, -0.2) is 23.7 Å². The molecule has 0 aliphatic carbocycles. The number of esters is 4. The molecule has 0 unspecified atom stereocenters. The molecule has 4 aromatic carbocycles. The van der Waals surface area contributed by atoms with Crippen LogP contribution < -0.4 is 0 Å². The SMILES string of the molecule is CCOP(=O)(OCC)S[C@@H]1O[C@H](COC(=O)c2ccccc2)[C@@H](OC(=O)c2ccccc2)[C@H](OC(=O)c2ccccc2)[C@@H]1OC(=O)c1ccccc1. The van der Waals surface area contributed by atoms with Crippen LogP contribution in [0.25, 0.3) is 0 Å². The van der Waals surface area contributed by atoms with Crippen LogP contribution in [0.2, 0.25) is 0 Å². The lowest BCUT2D eigenvalue weighted by Gasteiger charge is -2.44. The first-order valence-electron chi connectivity index (χ1n) is 16.4. The van der Waals surface area contributed by atoms with E-state index in [1.165, 1.54) is 36.4 Å². The summed E-state index contributed by atoms with van der Waals surface area (Å²) in [7, 11) is 0. The van der Waals surface area contributed by atoms with Crippen LogP contribution in [-0.4, -0.2) is 73.5 Å². The van der Waals surface area contributed by atoms with Crippen molar-refractivity contribution >= 4 is 42.1 Å². The molecule has 1 heterocycles. The van der Waals surface area contributed by atoms with Crippen molar-refractivity contribution in [1.29, 1.82) is 0 Å². The van der Waals surface area contributed by atoms with Crippen molar-refractivity contribution in [2.24, 2.45) is 0 Å². The molecule has 5 rings (SSSR count). The minimum atomic E-state index is -4.02. The second-order valence-corrected chi connectivity index (χ2v) is 15.2. The maximum atomic E-state index is 14.0. The van der Waals surface area contributed by atoms with Gasteiger partial charge in [0.25, 0.3) is 0 Å². The zero-order valence-electron chi connectivity index (χ0n) is 28.3. The summed E-state index contributed by atoms with van der Waals surface area (Å²) in [6.07, 6.45) is -6.06. The average Bonchev–Trinajstić information content (AvgIpc) is 3.17. The fraction of sp³-hybridized carbons (Fsp3) is 0.263. The van der Waals surface area contributed by atoms with Gasteiger partial charge in [-0.05, 0) is 73.8 Å². The predicted molar refractivity (Wildman–Crippen MR) is 191 cm³/mol. The highest BCUT2D eigenvalue weighted by Gasteiger charge is 2.55. The monoisotopic (exact) mass is 748 g/mol. The van der Waals surface area contributed by atoms with Crippen LogP contribution in [0.1, 0.15) is 55.3 Å². The van der Waals surface area contributed by atoms with Gasteiger partial charge in [0.2, 0.25) is 0 Å². The summed E-state index contributed by atoms with van der Waals surface area (Å²) >= 11 is 0.580. The fourth-order valence-electron chi connectivity index (χ4n) is 5.15. The Hall–Kier alpha value is -4.78. The van der Waals surface area contributed by atoms with Crippen molar-refractivity contribution in [3.63, 3.8) is 0 Å². The van der Waals surface area contributed by atoms with Crippen molar-refractivity contribution in [1.82, 2.24) is 0 Å². The van der Waals surface area contributed by atoms with Gasteiger partial charge in [0.1, 0.15) is 12.7 Å². The Balaban J connectivity index is 1.60. The number of benzene rings is 4. The van der Waals surface area contributed by atoms with Gasteiger partial charge in [0.05, 0.1) is 35.5 Å². The Morgan fingerprint density at radius 1 is 0.558 bits per heavy atom. The number of ether oxygens (including phenoxy) is 5. The van der Waals surface area contributed by atoms with Crippen LogP contribution >= 0.6 is 18.2 Å². The van der Waals surface area contributed by atoms with Gasteiger partial charge >= 0.3 is 30.7 Å². The topological polar surface area (TPSA) is 150 Å². The summed E-state index contributed by atoms with van der Waals surface area (Å²) in [5.41, 5.74) is -0.754. The minimum absolute atomic E-state index is 0.00663. The van der Waals surface area contributed by atoms with Gasteiger partial charge < -0.3 is 32.7 Å². The molecule has 52 heavy (non-hydrogen) atoms. The van der Waals surface area contributed by atoms with E-state index in [9.17, 15) is 23.7 Å². The molecule has 0 saturated carbocycles. The summed E-state index contributed by atoms with van der Waals surface area (Å²) < 4.78 is 55.1. The third-order valence-corrected chi connectivity index (χ3v) is 11.6. The van der Waals surface area contributed by atoms with Crippen LogP contribution in [-0.2, 0) is 37.3 Å². The van der Waals surface area contributed by atoms with E-state index in [-0.39, 0.29) is 35.5 Å². The lowest BCUT2D eigenvalue weighted by Crippen LogP contribution is -2.61. The third-order valence-electron chi connectivity index (χ3n) is 7.54. The Kier molecular flexibility index (Phi) is 13.8. The maximum Gasteiger partial charge on any atom is 0.391 e. The van der Waals surface area contributed by atoms with Crippen LogP contribution in [0.5, 0.6) is 0 Å². The molecule has 0 radical (unpaired) electrons. The summed E-state index contributed by atoms with van der Waals surface area (Å²) in [6, 6.07) is 32.2. The third kappa shape index (κ3) is 10.2. The molecule has 0 N–H and O–H groups in total. The molecule has 1 saturated heterocycles. The second kappa shape index (κ2) is 18.6. The Morgan fingerprint density at radius 2 is 0.923 bits per heavy atom. The van der Waals surface area contributed by atoms with E-state index < -0.39 is 67.1 Å². The molecule has 0 spiro atoms. The average molecular weight is 749 g/mol. The molecule has 5 atom stereocenters. The summed E-state index contributed by atoms with van der Waals surface area (Å²) in [5.74, 6) is -3.24. The molecule has 0 amide bonds. The highest BCUT2D eigenvalue weighted by atomic mass is 32.7. The Bertz CT molecular complexity index is 1820. The summed E-state index contributed by atoms with van der Waals surface area (Å²) in [6.45, 7) is -1.32. The molecular weight excluding hydrogens is 711 g/mol. The van der Waals surface area contributed by atoms with Crippen LogP contribution in [0.15, 0.2) is 121 Å². The first-order valence-corrected chi connectivity index (χ1v) is 19.5. The highest BCUT2D eigenvalue weighted by molar-refractivity contribution is 8.55. The molecule has 0 aromatic heterocycles. The molecule has 1 fully saturated rings. The minimum Gasteiger partial charge on any atom is -0.459 e. The summed E-state index contributed by atoms with van der Waals surface area (Å²) in [5, 5.41) is 0. The van der Waals surface area contributed by atoms with E-state index in [4.69, 9.17) is 32.7 Å². The van der Waals surface area contributed by atoms with Gasteiger partial charge in [-0.15, -0.1) is 0 Å². The quantitative estimate of drug-likeness (QED) is 0.0688. The Labute approximate surface area is 304 Å². The molecule has 4 aromatic rings. The molecular formula is C38H37O12PS. The smallest absolute Gasteiger partial charge is 0.391 e. The van der Waals surface area contributed by atoms with E-state index in [1.807, 2.05) is 0 Å².